The van der Waals surface area contributed by atoms with Crippen LogP contribution in [0.25, 0.3) is 0 Å². The average molecular weight is 252 g/mol. The van der Waals surface area contributed by atoms with Gasteiger partial charge in [0.2, 0.25) is 5.91 Å². The van der Waals surface area contributed by atoms with Gasteiger partial charge in [-0.15, -0.1) is 0 Å². The second-order valence-electron chi connectivity index (χ2n) is 6.53. The molecule has 0 saturated heterocycles. The Kier molecular flexibility index (Phi) is 4.66. The van der Waals surface area contributed by atoms with Crippen molar-refractivity contribution in [3.8, 4) is 0 Å². The molecule has 18 heavy (non-hydrogen) atoms. The fourth-order valence-corrected chi connectivity index (χ4v) is 2.94. The minimum atomic E-state index is -0.0359. The standard InChI is InChI=1S/C15H28N2O/c1-10(2)12-4-6-13(7-5-12)16-11(3)15(18)17-14-8-9-14/h10-14,16H,4-9H2,1-3H3,(H,17,18). The van der Waals surface area contributed by atoms with Crippen molar-refractivity contribution in [2.75, 3.05) is 0 Å². The van der Waals surface area contributed by atoms with Gasteiger partial charge in [-0.3, -0.25) is 4.79 Å². The Labute approximate surface area is 111 Å². The van der Waals surface area contributed by atoms with E-state index in [0.29, 0.717) is 12.1 Å². The largest absolute Gasteiger partial charge is 0.352 e. The van der Waals surface area contributed by atoms with Crippen molar-refractivity contribution in [3.05, 3.63) is 0 Å². The van der Waals surface area contributed by atoms with E-state index >= 15 is 0 Å². The highest BCUT2D eigenvalue weighted by Crippen LogP contribution is 2.30. The van der Waals surface area contributed by atoms with E-state index in [-0.39, 0.29) is 11.9 Å². The van der Waals surface area contributed by atoms with Crippen LogP contribution in [0, 0.1) is 11.8 Å². The van der Waals surface area contributed by atoms with Crippen molar-refractivity contribution < 1.29 is 4.79 Å². The molecule has 1 atom stereocenters. The first-order chi connectivity index (χ1) is 8.56. The summed E-state index contributed by atoms with van der Waals surface area (Å²) in [5, 5.41) is 6.57. The molecule has 2 aliphatic rings. The van der Waals surface area contributed by atoms with Gasteiger partial charge in [0.1, 0.15) is 0 Å². The Hall–Kier alpha value is -0.570. The van der Waals surface area contributed by atoms with E-state index in [2.05, 4.69) is 24.5 Å². The van der Waals surface area contributed by atoms with E-state index in [0.717, 1.165) is 24.7 Å². The number of amides is 1. The van der Waals surface area contributed by atoms with Crippen LogP contribution in [-0.4, -0.2) is 24.0 Å². The van der Waals surface area contributed by atoms with Crippen LogP contribution in [0.4, 0.5) is 0 Å². The van der Waals surface area contributed by atoms with Crippen LogP contribution in [0.5, 0.6) is 0 Å². The quantitative estimate of drug-likeness (QED) is 0.789. The molecule has 2 saturated carbocycles. The number of rotatable bonds is 5. The van der Waals surface area contributed by atoms with Crippen molar-refractivity contribution in [1.29, 1.82) is 0 Å². The summed E-state index contributed by atoms with van der Waals surface area (Å²) in [5.74, 6) is 1.88. The molecule has 1 amide bonds. The molecular formula is C15H28N2O. The molecule has 1 unspecified atom stereocenters. The molecule has 104 valence electrons. The van der Waals surface area contributed by atoms with Crippen LogP contribution in [0.1, 0.15) is 59.3 Å². The van der Waals surface area contributed by atoms with E-state index in [4.69, 9.17) is 0 Å². The lowest BCUT2D eigenvalue weighted by Gasteiger charge is -2.32. The highest BCUT2D eigenvalue weighted by atomic mass is 16.2. The average Bonchev–Trinajstić information content (AvgIpc) is 3.13. The van der Waals surface area contributed by atoms with Crippen LogP contribution in [-0.2, 0) is 4.79 Å². The smallest absolute Gasteiger partial charge is 0.237 e. The third kappa shape index (κ3) is 3.98. The van der Waals surface area contributed by atoms with Gasteiger partial charge in [0, 0.05) is 12.1 Å². The molecule has 2 rings (SSSR count). The maximum Gasteiger partial charge on any atom is 0.237 e. The van der Waals surface area contributed by atoms with Crippen molar-refractivity contribution in [2.45, 2.75) is 77.4 Å². The first-order valence-electron chi connectivity index (χ1n) is 7.62. The van der Waals surface area contributed by atoms with Crippen LogP contribution < -0.4 is 10.6 Å². The zero-order chi connectivity index (χ0) is 13.1. The molecule has 0 aromatic heterocycles. The topological polar surface area (TPSA) is 41.1 Å². The van der Waals surface area contributed by atoms with Gasteiger partial charge in [0.15, 0.2) is 0 Å². The number of carbonyl (C=O) groups is 1. The normalized spacial score (nSPS) is 30.2. The first kappa shape index (κ1) is 13.9. The molecule has 0 radical (unpaired) electrons. The highest BCUT2D eigenvalue weighted by Gasteiger charge is 2.28. The Morgan fingerprint density at radius 2 is 1.50 bits per heavy atom. The van der Waals surface area contributed by atoms with Gasteiger partial charge >= 0.3 is 0 Å². The van der Waals surface area contributed by atoms with E-state index in [1.165, 1.54) is 25.7 Å². The lowest BCUT2D eigenvalue weighted by atomic mass is 9.79. The molecule has 0 spiro atoms. The Bertz CT molecular complexity index is 278. The molecule has 3 nitrogen and oxygen atoms in total. The predicted octanol–water partition coefficient (Wildman–Crippen LogP) is 2.46. The molecule has 0 aromatic carbocycles. The zero-order valence-corrected chi connectivity index (χ0v) is 12.0. The third-order valence-electron chi connectivity index (χ3n) is 4.52. The van der Waals surface area contributed by atoms with Crippen LogP contribution in [0.15, 0.2) is 0 Å². The maximum atomic E-state index is 11.9. The molecule has 3 heteroatoms. The van der Waals surface area contributed by atoms with Gasteiger partial charge in [-0.05, 0) is 57.3 Å². The van der Waals surface area contributed by atoms with Crippen molar-refractivity contribution in [1.82, 2.24) is 10.6 Å². The monoisotopic (exact) mass is 252 g/mol. The minimum absolute atomic E-state index is 0.0359. The molecule has 0 heterocycles. The molecule has 0 aromatic rings. The van der Waals surface area contributed by atoms with Crippen molar-refractivity contribution in [2.24, 2.45) is 11.8 Å². The third-order valence-corrected chi connectivity index (χ3v) is 4.52. The fourth-order valence-electron chi connectivity index (χ4n) is 2.94. The van der Waals surface area contributed by atoms with Crippen LogP contribution in [0.2, 0.25) is 0 Å². The molecule has 2 N–H and O–H groups in total. The lowest BCUT2D eigenvalue weighted by molar-refractivity contribution is -0.123. The van der Waals surface area contributed by atoms with E-state index < -0.39 is 0 Å². The predicted molar refractivity (Wildman–Crippen MR) is 74.3 cm³/mol. The number of hydrogen-bond acceptors (Lipinski definition) is 2. The summed E-state index contributed by atoms with van der Waals surface area (Å²) in [6.07, 6.45) is 7.41. The number of nitrogens with one attached hydrogen (secondary N) is 2. The summed E-state index contributed by atoms with van der Waals surface area (Å²) in [7, 11) is 0. The van der Waals surface area contributed by atoms with Crippen LogP contribution >= 0.6 is 0 Å². The van der Waals surface area contributed by atoms with Gasteiger partial charge in [-0.1, -0.05) is 13.8 Å². The number of carbonyl (C=O) groups excluding carboxylic acids is 1. The summed E-state index contributed by atoms with van der Waals surface area (Å²) in [6, 6.07) is 0.976. The van der Waals surface area contributed by atoms with E-state index in [9.17, 15) is 4.79 Å². The molecule has 0 bridgehead atoms. The Balaban J connectivity index is 1.68. The second kappa shape index (κ2) is 6.05. The minimum Gasteiger partial charge on any atom is -0.352 e. The van der Waals surface area contributed by atoms with Gasteiger partial charge in [-0.2, -0.15) is 0 Å². The zero-order valence-electron chi connectivity index (χ0n) is 12.0. The second-order valence-corrected chi connectivity index (χ2v) is 6.53. The van der Waals surface area contributed by atoms with Crippen molar-refractivity contribution in [3.63, 3.8) is 0 Å². The highest BCUT2D eigenvalue weighted by molar-refractivity contribution is 5.81. The SMILES string of the molecule is CC(NC1CCC(C(C)C)CC1)C(=O)NC1CC1. The summed E-state index contributed by atoms with van der Waals surface area (Å²) in [6.45, 7) is 6.64. The molecule has 2 aliphatic carbocycles. The summed E-state index contributed by atoms with van der Waals surface area (Å²) in [4.78, 5) is 11.9. The lowest BCUT2D eigenvalue weighted by Crippen LogP contribution is -2.48. The summed E-state index contributed by atoms with van der Waals surface area (Å²) < 4.78 is 0. The fraction of sp³-hybridized carbons (Fsp3) is 0.933. The molecule has 0 aliphatic heterocycles. The van der Waals surface area contributed by atoms with Gasteiger partial charge in [0.05, 0.1) is 6.04 Å². The molecular weight excluding hydrogens is 224 g/mol. The summed E-state index contributed by atoms with van der Waals surface area (Å²) in [5.41, 5.74) is 0. The number of hydrogen-bond donors (Lipinski definition) is 2. The van der Waals surface area contributed by atoms with Gasteiger partial charge in [0.25, 0.3) is 0 Å². The van der Waals surface area contributed by atoms with Gasteiger partial charge < -0.3 is 10.6 Å². The Morgan fingerprint density at radius 3 is 2.00 bits per heavy atom. The first-order valence-corrected chi connectivity index (χ1v) is 7.62. The van der Waals surface area contributed by atoms with E-state index in [1.54, 1.807) is 0 Å². The van der Waals surface area contributed by atoms with Gasteiger partial charge in [-0.25, -0.2) is 0 Å². The van der Waals surface area contributed by atoms with Crippen LogP contribution in [0.3, 0.4) is 0 Å². The summed E-state index contributed by atoms with van der Waals surface area (Å²) >= 11 is 0. The maximum absolute atomic E-state index is 11.9. The van der Waals surface area contributed by atoms with Crippen molar-refractivity contribution >= 4 is 5.91 Å². The molecule has 2 fully saturated rings. The Morgan fingerprint density at radius 1 is 0.944 bits per heavy atom. The van der Waals surface area contributed by atoms with E-state index in [1.807, 2.05) is 6.92 Å².